The number of hydrogen-bond donors (Lipinski definition) is 1. The molecule has 0 saturated carbocycles. The number of benzene rings is 3. The van der Waals surface area contributed by atoms with Gasteiger partial charge in [0, 0.05) is 16.1 Å². The number of carbonyl (C=O) groups excluding carboxylic acids is 2. The van der Waals surface area contributed by atoms with E-state index in [1.54, 1.807) is 24.3 Å². The van der Waals surface area contributed by atoms with Crippen molar-refractivity contribution >= 4 is 39.9 Å². The summed E-state index contributed by atoms with van der Waals surface area (Å²) in [6, 6.07) is 22.6. The van der Waals surface area contributed by atoms with E-state index in [9.17, 15) is 14.7 Å². The number of halogens is 1. The number of fused-ring (bicyclic) bond motifs is 1. The second kappa shape index (κ2) is 8.43. The average Bonchev–Trinajstić information content (AvgIpc) is 3.37. The quantitative estimate of drug-likeness (QED) is 0.311. The van der Waals surface area contributed by atoms with E-state index in [0.717, 1.165) is 5.56 Å². The van der Waals surface area contributed by atoms with Crippen molar-refractivity contribution in [2.24, 2.45) is 0 Å². The molecule has 1 unspecified atom stereocenters. The Kier molecular flexibility index (Phi) is 5.53. The van der Waals surface area contributed by atoms with Crippen LogP contribution in [-0.4, -0.2) is 16.8 Å². The number of Topliss-reactive ketones (excluding diaryl/α,β-unsaturated/α-hetero) is 1. The summed E-state index contributed by atoms with van der Waals surface area (Å²) in [4.78, 5) is 28.5. The lowest BCUT2D eigenvalue weighted by Crippen LogP contribution is -2.31. The van der Waals surface area contributed by atoms with E-state index in [-0.39, 0.29) is 16.7 Å². The SMILES string of the molecule is CC(C)(C)c1ccc(N2C(=O)C(O)=C(C(=O)c3cc4cc(Cl)ccc4o3)C2c2ccccc2)cc1. The Balaban J connectivity index is 1.62. The molecule has 1 aliphatic rings. The lowest BCUT2D eigenvalue weighted by molar-refractivity contribution is -0.117. The Bertz CT molecular complexity index is 1480. The molecule has 0 fully saturated rings. The van der Waals surface area contributed by atoms with Gasteiger partial charge in [-0.1, -0.05) is 74.8 Å². The zero-order chi connectivity index (χ0) is 24.9. The molecule has 6 heteroatoms. The van der Waals surface area contributed by atoms with E-state index in [1.807, 2.05) is 54.6 Å². The molecule has 3 aromatic carbocycles. The summed E-state index contributed by atoms with van der Waals surface area (Å²) in [5, 5.41) is 12.1. The highest BCUT2D eigenvalue weighted by Gasteiger charge is 2.45. The van der Waals surface area contributed by atoms with Crippen LogP contribution < -0.4 is 4.90 Å². The number of furan rings is 1. The molecule has 4 aromatic rings. The first kappa shape index (κ1) is 22.9. The van der Waals surface area contributed by atoms with Gasteiger partial charge >= 0.3 is 0 Å². The summed E-state index contributed by atoms with van der Waals surface area (Å²) in [5.41, 5.74) is 2.81. The zero-order valence-electron chi connectivity index (χ0n) is 19.6. The number of aliphatic hydroxyl groups excluding tert-OH is 1. The standard InChI is InChI=1S/C29H24ClNO4/c1-29(2,3)19-9-12-21(13-10-19)31-25(17-7-5-4-6-8-17)24(27(33)28(31)34)26(32)23-16-18-15-20(30)11-14-22(18)35-23/h4-16,25,33H,1-3H3. The third kappa shape index (κ3) is 4.02. The highest BCUT2D eigenvalue weighted by atomic mass is 35.5. The third-order valence-electron chi connectivity index (χ3n) is 6.28. The Morgan fingerprint density at radius 2 is 1.66 bits per heavy atom. The van der Waals surface area contributed by atoms with Crippen LogP contribution in [0.25, 0.3) is 11.0 Å². The fourth-order valence-corrected chi connectivity index (χ4v) is 4.62. The number of nitrogens with zero attached hydrogens (tertiary/aromatic N) is 1. The summed E-state index contributed by atoms with van der Waals surface area (Å²) in [6.45, 7) is 6.33. The van der Waals surface area contributed by atoms with Crippen LogP contribution in [-0.2, 0) is 10.2 Å². The molecular formula is C29H24ClNO4. The normalized spacial score (nSPS) is 16.4. The monoisotopic (exact) mass is 485 g/mol. The van der Waals surface area contributed by atoms with E-state index >= 15 is 0 Å². The molecule has 35 heavy (non-hydrogen) atoms. The fraction of sp³-hybridized carbons (Fsp3) is 0.172. The topological polar surface area (TPSA) is 70.8 Å². The van der Waals surface area contributed by atoms with Gasteiger partial charge in [0.15, 0.2) is 11.5 Å². The highest BCUT2D eigenvalue weighted by Crippen LogP contribution is 2.42. The average molecular weight is 486 g/mol. The Morgan fingerprint density at radius 3 is 2.31 bits per heavy atom. The van der Waals surface area contributed by atoms with Crippen molar-refractivity contribution in [2.75, 3.05) is 4.90 Å². The van der Waals surface area contributed by atoms with Crippen LogP contribution in [0.15, 0.2) is 94.6 Å². The smallest absolute Gasteiger partial charge is 0.294 e. The second-order valence-electron chi connectivity index (χ2n) is 9.67. The molecule has 0 aliphatic carbocycles. The van der Waals surface area contributed by atoms with Crippen LogP contribution in [0.2, 0.25) is 5.02 Å². The van der Waals surface area contributed by atoms with Gasteiger partial charge in [-0.25, -0.2) is 0 Å². The Hall–Kier alpha value is -3.83. The van der Waals surface area contributed by atoms with E-state index < -0.39 is 23.5 Å². The summed E-state index contributed by atoms with van der Waals surface area (Å²) in [5.74, 6) is -1.74. The fourth-order valence-electron chi connectivity index (χ4n) is 4.44. The predicted molar refractivity (Wildman–Crippen MR) is 137 cm³/mol. The number of amides is 1. The van der Waals surface area contributed by atoms with Crippen molar-refractivity contribution < 1.29 is 19.1 Å². The maximum absolute atomic E-state index is 13.7. The van der Waals surface area contributed by atoms with E-state index in [0.29, 0.717) is 27.2 Å². The van der Waals surface area contributed by atoms with Crippen LogP contribution in [0.1, 0.15) is 48.5 Å². The van der Waals surface area contributed by atoms with Crippen LogP contribution >= 0.6 is 11.6 Å². The summed E-state index contributed by atoms with van der Waals surface area (Å²) >= 11 is 6.08. The third-order valence-corrected chi connectivity index (χ3v) is 6.52. The minimum atomic E-state index is -0.812. The number of ketones is 1. The predicted octanol–water partition coefficient (Wildman–Crippen LogP) is 7.17. The van der Waals surface area contributed by atoms with Crippen LogP contribution in [0.3, 0.4) is 0 Å². The lowest BCUT2D eigenvalue weighted by Gasteiger charge is -2.27. The summed E-state index contributed by atoms with van der Waals surface area (Å²) < 4.78 is 5.78. The van der Waals surface area contributed by atoms with Crippen molar-refractivity contribution in [1.29, 1.82) is 0 Å². The molecule has 5 nitrogen and oxygen atoms in total. The highest BCUT2D eigenvalue weighted by molar-refractivity contribution is 6.31. The van der Waals surface area contributed by atoms with Crippen LogP contribution in [0.5, 0.6) is 0 Å². The molecule has 0 bridgehead atoms. The number of carbonyl (C=O) groups is 2. The lowest BCUT2D eigenvalue weighted by atomic mass is 9.87. The minimum absolute atomic E-state index is 0.0220. The summed E-state index contributed by atoms with van der Waals surface area (Å²) in [7, 11) is 0. The zero-order valence-corrected chi connectivity index (χ0v) is 20.3. The molecule has 1 aliphatic heterocycles. The summed E-state index contributed by atoms with van der Waals surface area (Å²) in [6.07, 6.45) is 0. The number of aliphatic hydroxyl groups is 1. The molecule has 2 heterocycles. The van der Waals surface area contributed by atoms with Crippen LogP contribution in [0.4, 0.5) is 5.69 Å². The molecule has 1 N–H and O–H groups in total. The molecule has 0 radical (unpaired) electrons. The Labute approximate surface area is 208 Å². The first-order chi connectivity index (χ1) is 16.6. The van der Waals surface area contributed by atoms with Crippen molar-refractivity contribution in [2.45, 2.75) is 32.2 Å². The molecule has 1 aromatic heterocycles. The molecular weight excluding hydrogens is 462 g/mol. The van der Waals surface area contributed by atoms with Gasteiger partial charge in [0.1, 0.15) is 5.58 Å². The van der Waals surface area contributed by atoms with Gasteiger partial charge in [-0.05, 0) is 52.9 Å². The van der Waals surface area contributed by atoms with Gasteiger partial charge in [0.25, 0.3) is 5.91 Å². The van der Waals surface area contributed by atoms with Crippen molar-refractivity contribution in [3.05, 3.63) is 112 Å². The van der Waals surface area contributed by atoms with Gasteiger partial charge in [-0.2, -0.15) is 0 Å². The van der Waals surface area contributed by atoms with E-state index in [4.69, 9.17) is 16.0 Å². The first-order valence-electron chi connectivity index (χ1n) is 11.3. The molecule has 5 rings (SSSR count). The van der Waals surface area contributed by atoms with Gasteiger partial charge in [-0.3, -0.25) is 14.5 Å². The minimum Gasteiger partial charge on any atom is -0.503 e. The number of rotatable bonds is 4. The van der Waals surface area contributed by atoms with E-state index in [1.165, 1.54) is 4.90 Å². The molecule has 1 atom stereocenters. The van der Waals surface area contributed by atoms with Gasteiger partial charge < -0.3 is 9.52 Å². The van der Waals surface area contributed by atoms with Gasteiger partial charge in [0.2, 0.25) is 5.78 Å². The molecule has 0 spiro atoms. The van der Waals surface area contributed by atoms with Crippen LogP contribution in [0, 0.1) is 0 Å². The Morgan fingerprint density at radius 1 is 0.971 bits per heavy atom. The van der Waals surface area contributed by atoms with Gasteiger partial charge in [-0.15, -0.1) is 0 Å². The molecule has 1 amide bonds. The maximum Gasteiger partial charge on any atom is 0.294 e. The molecule has 0 saturated heterocycles. The van der Waals surface area contributed by atoms with Crippen molar-refractivity contribution in [1.82, 2.24) is 0 Å². The first-order valence-corrected chi connectivity index (χ1v) is 11.7. The number of hydrogen-bond acceptors (Lipinski definition) is 4. The van der Waals surface area contributed by atoms with Gasteiger partial charge in [0.05, 0.1) is 11.6 Å². The second-order valence-corrected chi connectivity index (χ2v) is 10.1. The number of anilines is 1. The van der Waals surface area contributed by atoms with Crippen molar-refractivity contribution in [3.63, 3.8) is 0 Å². The molecule has 176 valence electrons. The van der Waals surface area contributed by atoms with E-state index in [2.05, 4.69) is 20.8 Å². The largest absolute Gasteiger partial charge is 0.503 e. The van der Waals surface area contributed by atoms with Crippen molar-refractivity contribution in [3.8, 4) is 0 Å². The maximum atomic E-state index is 13.7.